The molecule has 1 aliphatic heterocycles. The van der Waals surface area contributed by atoms with Crippen molar-refractivity contribution >= 4 is 45.2 Å². The zero-order valence-corrected chi connectivity index (χ0v) is 18.1. The highest BCUT2D eigenvalue weighted by atomic mass is 79.9. The largest absolute Gasteiger partial charge is 0.482 e. The molecule has 1 fully saturated rings. The SMILES string of the molecule is O=C1NN(c2ccccc2)C(=O)/C1=C\c1cc(Br)cc([N+](=O)[O-])c1OCc1ccccc1. The standard InChI is InChI=1S/C23H16BrN3O5/c24-17-11-16(12-19-22(28)25-26(23(19)29)18-9-5-2-6-10-18)21(20(13-17)27(30)31)32-14-15-7-3-1-4-8-15/h1-13H,14H2,(H,25,28)/b19-12-. The van der Waals surface area contributed by atoms with Crippen molar-refractivity contribution in [2.45, 2.75) is 6.61 Å². The molecule has 0 unspecified atom stereocenters. The van der Waals surface area contributed by atoms with Crippen LogP contribution in [-0.2, 0) is 16.2 Å². The normalized spacial score (nSPS) is 14.5. The van der Waals surface area contributed by atoms with E-state index < -0.39 is 16.7 Å². The Labute approximate surface area is 191 Å². The average molecular weight is 494 g/mol. The predicted octanol–water partition coefficient (Wildman–Crippen LogP) is 4.40. The first kappa shape index (κ1) is 21.3. The first-order valence-corrected chi connectivity index (χ1v) is 10.3. The molecular formula is C23H16BrN3O5. The van der Waals surface area contributed by atoms with Crippen LogP contribution in [0.2, 0.25) is 0 Å². The van der Waals surface area contributed by atoms with Gasteiger partial charge in [-0.05, 0) is 29.8 Å². The van der Waals surface area contributed by atoms with Crippen molar-refractivity contribution in [3.63, 3.8) is 0 Å². The minimum absolute atomic E-state index is 0.0340. The predicted molar refractivity (Wildman–Crippen MR) is 122 cm³/mol. The van der Waals surface area contributed by atoms with Crippen LogP contribution >= 0.6 is 15.9 Å². The number of carbonyl (C=O) groups excluding carboxylic acids is 2. The van der Waals surface area contributed by atoms with Crippen LogP contribution in [-0.4, -0.2) is 16.7 Å². The van der Waals surface area contributed by atoms with Crippen molar-refractivity contribution in [1.29, 1.82) is 0 Å². The van der Waals surface area contributed by atoms with Crippen LogP contribution < -0.4 is 15.2 Å². The van der Waals surface area contributed by atoms with E-state index in [0.29, 0.717) is 10.2 Å². The van der Waals surface area contributed by atoms with Gasteiger partial charge in [-0.3, -0.25) is 25.1 Å². The number of hydrogen-bond acceptors (Lipinski definition) is 5. The summed E-state index contributed by atoms with van der Waals surface area (Å²) < 4.78 is 6.21. The number of halogens is 1. The van der Waals surface area contributed by atoms with E-state index in [1.807, 2.05) is 30.3 Å². The quantitative estimate of drug-likeness (QED) is 0.237. The average Bonchev–Trinajstić information content (AvgIpc) is 3.07. The summed E-state index contributed by atoms with van der Waals surface area (Å²) >= 11 is 3.25. The smallest absolute Gasteiger partial charge is 0.312 e. The molecule has 0 aromatic heterocycles. The van der Waals surface area contributed by atoms with E-state index in [1.54, 1.807) is 36.4 Å². The topological polar surface area (TPSA) is 102 Å². The van der Waals surface area contributed by atoms with Gasteiger partial charge in [-0.25, -0.2) is 5.01 Å². The summed E-state index contributed by atoms with van der Waals surface area (Å²) in [6, 6.07) is 20.7. The maximum Gasteiger partial charge on any atom is 0.312 e. The Morgan fingerprint density at radius 3 is 2.34 bits per heavy atom. The maximum absolute atomic E-state index is 12.9. The minimum atomic E-state index is -0.615. The zero-order valence-electron chi connectivity index (χ0n) is 16.5. The Balaban J connectivity index is 1.73. The lowest BCUT2D eigenvalue weighted by atomic mass is 10.1. The van der Waals surface area contributed by atoms with Gasteiger partial charge in [0, 0.05) is 16.1 Å². The van der Waals surface area contributed by atoms with Gasteiger partial charge in [0.2, 0.25) is 5.75 Å². The molecule has 0 bridgehead atoms. The molecule has 9 heteroatoms. The third-order valence-electron chi connectivity index (χ3n) is 4.69. The van der Waals surface area contributed by atoms with Gasteiger partial charge in [0.05, 0.1) is 10.6 Å². The van der Waals surface area contributed by atoms with E-state index >= 15 is 0 Å². The number of amides is 2. The number of hydrazine groups is 1. The highest BCUT2D eigenvalue weighted by Gasteiger charge is 2.35. The lowest BCUT2D eigenvalue weighted by molar-refractivity contribution is -0.386. The highest BCUT2D eigenvalue weighted by molar-refractivity contribution is 9.10. The number of carbonyl (C=O) groups is 2. The van der Waals surface area contributed by atoms with Gasteiger partial charge in [-0.2, -0.15) is 0 Å². The molecule has 160 valence electrons. The van der Waals surface area contributed by atoms with E-state index in [2.05, 4.69) is 21.4 Å². The van der Waals surface area contributed by atoms with Crippen LogP contribution in [0.3, 0.4) is 0 Å². The Morgan fingerprint density at radius 1 is 1.03 bits per heavy atom. The third kappa shape index (κ3) is 4.37. The van der Waals surface area contributed by atoms with Gasteiger partial charge < -0.3 is 4.74 Å². The van der Waals surface area contributed by atoms with E-state index in [1.165, 1.54) is 12.1 Å². The molecule has 0 atom stereocenters. The van der Waals surface area contributed by atoms with Gasteiger partial charge in [-0.1, -0.05) is 64.5 Å². The molecule has 0 spiro atoms. The van der Waals surface area contributed by atoms with Crippen LogP contribution in [0.5, 0.6) is 5.75 Å². The molecule has 1 heterocycles. The second kappa shape index (κ2) is 9.03. The summed E-state index contributed by atoms with van der Waals surface area (Å²) in [5.41, 5.74) is 3.60. The van der Waals surface area contributed by atoms with Crippen LogP contribution in [0.4, 0.5) is 11.4 Å². The molecule has 1 N–H and O–H groups in total. The fraction of sp³-hybridized carbons (Fsp3) is 0.0435. The van der Waals surface area contributed by atoms with E-state index in [9.17, 15) is 19.7 Å². The fourth-order valence-corrected chi connectivity index (χ4v) is 3.66. The Kier molecular flexibility index (Phi) is 6.00. The number of nitro benzene ring substituents is 1. The zero-order chi connectivity index (χ0) is 22.7. The monoisotopic (exact) mass is 493 g/mol. The van der Waals surface area contributed by atoms with Gasteiger partial charge in [0.1, 0.15) is 12.2 Å². The second-order valence-electron chi connectivity index (χ2n) is 6.85. The maximum atomic E-state index is 12.9. The van der Waals surface area contributed by atoms with Crippen molar-refractivity contribution < 1.29 is 19.2 Å². The highest BCUT2D eigenvalue weighted by Crippen LogP contribution is 2.37. The van der Waals surface area contributed by atoms with Crippen molar-refractivity contribution in [2.75, 3.05) is 5.01 Å². The number of hydrogen-bond donors (Lipinski definition) is 1. The summed E-state index contributed by atoms with van der Waals surface area (Å²) in [4.78, 5) is 36.5. The van der Waals surface area contributed by atoms with E-state index in [0.717, 1.165) is 10.6 Å². The van der Waals surface area contributed by atoms with Gasteiger partial charge >= 0.3 is 5.69 Å². The number of nitrogens with zero attached hydrogens (tertiary/aromatic N) is 2. The molecule has 4 rings (SSSR count). The van der Waals surface area contributed by atoms with Crippen LogP contribution in [0.1, 0.15) is 11.1 Å². The molecule has 3 aromatic carbocycles. The lowest BCUT2D eigenvalue weighted by Gasteiger charge is -2.14. The Hall–Kier alpha value is -3.98. The molecule has 0 aliphatic carbocycles. The van der Waals surface area contributed by atoms with E-state index in [-0.39, 0.29) is 29.2 Å². The summed E-state index contributed by atoms with van der Waals surface area (Å²) in [6.45, 7) is 0.0791. The van der Waals surface area contributed by atoms with Gasteiger partial charge in [0.25, 0.3) is 11.8 Å². The molecule has 2 amide bonds. The first-order valence-electron chi connectivity index (χ1n) is 9.51. The summed E-state index contributed by atoms with van der Waals surface area (Å²) in [6.07, 6.45) is 1.30. The van der Waals surface area contributed by atoms with Crippen molar-refractivity contribution in [1.82, 2.24) is 5.43 Å². The summed E-state index contributed by atoms with van der Waals surface area (Å²) in [7, 11) is 0. The van der Waals surface area contributed by atoms with Crippen LogP contribution in [0, 0.1) is 10.1 Å². The molecule has 1 saturated heterocycles. The Morgan fingerprint density at radius 2 is 1.69 bits per heavy atom. The fourth-order valence-electron chi connectivity index (χ4n) is 3.20. The molecular weight excluding hydrogens is 478 g/mol. The van der Waals surface area contributed by atoms with Gasteiger partial charge in [0.15, 0.2) is 0 Å². The number of nitro groups is 1. The molecule has 3 aromatic rings. The number of benzene rings is 3. The molecule has 1 aliphatic rings. The number of para-hydroxylation sites is 1. The molecule has 0 radical (unpaired) electrons. The van der Waals surface area contributed by atoms with Crippen LogP contribution in [0.15, 0.2) is 82.8 Å². The molecule has 0 saturated carbocycles. The van der Waals surface area contributed by atoms with Gasteiger partial charge in [-0.15, -0.1) is 0 Å². The number of nitrogens with one attached hydrogen (secondary N) is 1. The molecule has 8 nitrogen and oxygen atoms in total. The number of rotatable bonds is 6. The van der Waals surface area contributed by atoms with Crippen LogP contribution in [0.25, 0.3) is 6.08 Å². The van der Waals surface area contributed by atoms with Crippen molar-refractivity contribution in [3.8, 4) is 5.75 Å². The Bertz CT molecular complexity index is 1230. The summed E-state index contributed by atoms with van der Waals surface area (Å²) in [5, 5.41) is 12.8. The number of anilines is 1. The van der Waals surface area contributed by atoms with E-state index in [4.69, 9.17) is 4.74 Å². The van der Waals surface area contributed by atoms with Crippen molar-refractivity contribution in [2.24, 2.45) is 0 Å². The molecule has 32 heavy (non-hydrogen) atoms. The number of ether oxygens (including phenoxy) is 1. The minimum Gasteiger partial charge on any atom is -0.482 e. The summed E-state index contributed by atoms with van der Waals surface area (Å²) in [5.74, 6) is -1.22. The first-order chi connectivity index (χ1) is 15.4. The second-order valence-corrected chi connectivity index (χ2v) is 7.77. The third-order valence-corrected chi connectivity index (χ3v) is 5.15. The van der Waals surface area contributed by atoms with Crippen molar-refractivity contribution in [3.05, 3.63) is 104 Å². The lowest BCUT2D eigenvalue weighted by Crippen LogP contribution is -2.35.